The number of nitrogens with two attached hydrogens (primary N) is 2. The van der Waals surface area contributed by atoms with Gasteiger partial charge in [-0.3, -0.25) is 9.36 Å². The average Bonchev–Trinajstić information content (AvgIpc) is 2.93. The molecule has 2 rings (SSSR count). The number of aliphatic hydroxyl groups excluding tert-OH is 6. The summed E-state index contributed by atoms with van der Waals surface area (Å²) in [5.41, 5.74) is 9.80. The monoisotopic (exact) mass is 628 g/mol. The second-order valence-corrected chi connectivity index (χ2v) is 10.1. The van der Waals surface area contributed by atoms with Gasteiger partial charge >= 0.3 is 25.7 Å². The summed E-state index contributed by atoms with van der Waals surface area (Å²) in [5.74, 6) is -5.88. The fourth-order valence-corrected chi connectivity index (χ4v) is 4.66. The highest BCUT2D eigenvalue weighted by Crippen LogP contribution is 2.41. The Balaban J connectivity index is 2.21. The molecule has 42 heavy (non-hydrogen) atoms. The molecular formula is C21H35N5O15P+. The summed E-state index contributed by atoms with van der Waals surface area (Å²) in [6.45, 7) is -1.90. The van der Waals surface area contributed by atoms with Gasteiger partial charge in [0.25, 0.3) is 0 Å². The van der Waals surface area contributed by atoms with Crippen LogP contribution in [0.4, 0.5) is 5.82 Å². The zero-order valence-electron chi connectivity index (χ0n) is 22.2. The predicted octanol–water partition coefficient (Wildman–Crippen LogP) is -5.14. The second kappa shape index (κ2) is 15.7. The quantitative estimate of drug-likeness (QED) is 0.0765. The molecule has 12 N–H and O–H groups in total. The number of nitrogen functional groups attached to an aromatic ring is 1. The molecule has 1 aromatic heterocycles. The molecule has 21 heteroatoms. The maximum Gasteiger partial charge on any atom is 0.701 e. The van der Waals surface area contributed by atoms with Crippen molar-refractivity contribution in [1.29, 1.82) is 0 Å². The third kappa shape index (κ3) is 8.89. The zero-order chi connectivity index (χ0) is 31.8. The minimum absolute atomic E-state index is 0.104. The van der Waals surface area contributed by atoms with Gasteiger partial charge in [0.2, 0.25) is 5.91 Å². The smallest absolute Gasteiger partial charge is 0.477 e. The van der Waals surface area contributed by atoms with Crippen LogP contribution in [0.5, 0.6) is 0 Å². The van der Waals surface area contributed by atoms with Crippen LogP contribution in [0.3, 0.4) is 0 Å². The first-order valence-corrected chi connectivity index (χ1v) is 13.4. The van der Waals surface area contributed by atoms with Gasteiger partial charge in [-0.25, -0.2) is 9.59 Å². The summed E-state index contributed by atoms with van der Waals surface area (Å²) in [5, 5.41) is 72.1. The van der Waals surface area contributed by atoms with Gasteiger partial charge in [0.15, 0.2) is 6.23 Å². The SMILES string of the molecule is C[C@H](O)[C@@H](O[C@@H](CO)CO[P+](=O)O[C@@]1(C(=O)O)C[C@@H](O)[C@@H](NC(=O)CN)C([C@H](O)[C@H](O)CO)O1)n1ccc(N)nc1=O. The molecule has 2 heterocycles. The number of nitrogens with one attached hydrogen (secondary N) is 1. The van der Waals surface area contributed by atoms with Crippen molar-refractivity contribution < 1.29 is 68.4 Å². The number of rotatable bonds is 16. The number of carboxylic acid groups (broad SMARTS) is 1. The number of hydrogen-bond acceptors (Lipinski definition) is 17. The minimum Gasteiger partial charge on any atom is -0.477 e. The van der Waals surface area contributed by atoms with E-state index in [2.05, 4.69) is 10.3 Å². The van der Waals surface area contributed by atoms with Crippen LogP contribution in [0.1, 0.15) is 19.6 Å². The van der Waals surface area contributed by atoms with Crippen molar-refractivity contribution in [3.05, 3.63) is 22.7 Å². The number of amides is 1. The molecule has 10 atom stereocenters. The molecule has 1 aliphatic heterocycles. The first-order valence-electron chi connectivity index (χ1n) is 12.3. The number of ether oxygens (including phenoxy) is 2. The number of aliphatic carboxylic acids is 1. The van der Waals surface area contributed by atoms with Crippen molar-refractivity contribution in [2.24, 2.45) is 5.73 Å². The Labute approximate surface area is 238 Å². The molecule has 20 nitrogen and oxygen atoms in total. The van der Waals surface area contributed by atoms with Gasteiger partial charge in [0.05, 0.1) is 38.0 Å². The van der Waals surface area contributed by atoms with Crippen molar-refractivity contribution in [3.8, 4) is 0 Å². The van der Waals surface area contributed by atoms with E-state index in [1.807, 2.05) is 0 Å². The number of carboxylic acids is 1. The van der Waals surface area contributed by atoms with Gasteiger partial charge in [0, 0.05) is 17.2 Å². The molecule has 2 unspecified atom stereocenters. The van der Waals surface area contributed by atoms with E-state index in [0.717, 1.165) is 4.57 Å². The molecule has 1 aliphatic rings. The third-order valence-corrected chi connectivity index (χ3v) is 6.80. The molecule has 0 spiro atoms. The summed E-state index contributed by atoms with van der Waals surface area (Å²) < 4.78 is 34.4. The molecular weight excluding hydrogens is 593 g/mol. The fraction of sp³-hybridized carbons (Fsp3) is 0.714. The molecule has 1 amide bonds. The van der Waals surface area contributed by atoms with E-state index in [1.165, 1.54) is 19.2 Å². The molecule has 1 saturated heterocycles. The van der Waals surface area contributed by atoms with Crippen LogP contribution in [0.2, 0.25) is 0 Å². The Kier molecular flexibility index (Phi) is 13.2. The highest BCUT2D eigenvalue weighted by Gasteiger charge is 2.60. The van der Waals surface area contributed by atoms with Gasteiger partial charge < -0.3 is 62.0 Å². The zero-order valence-corrected chi connectivity index (χ0v) is 23.1. The number of carbonyl (C=O) groups is 2. The summed E-state index contributed by atoms with van der Waals surface area (Å²) in [6.07, 6.45) is -11.7. The average molecular weight is 629 g/mol. The number of nitrogens with zero attached hydrogens (tertiary/aromatic N) is 2. The lowest BCUT2D eigenvalue weighted by Gasteiger charge is -2.44. The lowest BCUT2D eigenvalue weighted by atomic mass is 9.88. The highest BCUT2D eigenvalue weighted by atomic mass is 31.1. The van der Waals surface area contributed by atoms with Crippen molar-refractivity contribution in [1.82, 2.24) is 14.9 Å². The standard InChI is InChI=1S/C21H34N5O15P/c1-9(29)18(26-3-2-13(23)24-20(26)36)39-10(6-27)8-38-42(37)41-21(19(34)35)4-11(30)15(25-14(32)5-22)17(40-21)16(33)12(31)7-28/h2-3,9-12,15-18,27-31,33H,4-8,22H2,1H3,(H3-,23,24,25,32,34,35,36)/p+1/t9-,10-,11+,12+,15+,16+,17?,18+,21+/m0/s1. The van der Waals surface area contributed by atoms with E-state index in [9.17, 15) is 54.7 Å². The van der Waals surface area contributed by atoms with Crippen LogP contribution >= 0.6 is 8.25 Å². The molecule has 1 aromatic rings. The van der Waals surface area contributed by atoms with E-state index in [-0.39, 0.29) is 5.82 Å². The summed E-state index contributed by atoms with van der Waals surface area (Å²) in [7, 11) is -3.46. The van der Waals surface area contributed by atoms with Gasteiger partial charge in [-0.2, -0.15) is 4.98 Å². The van der Waals surface area contributed by atoms with Crippen LogP contribution in [-0.4, -0.2) is 132 Å². The van der Waals surface area contributed by atoms with Crippen LogP contribution in [-0.2, 0) is 32.7 Å². The first-order chi connectivity index (χ1) is 19.7. The van der Waals surface area contributed by atoms with E-state index < -0.39 is 113 Å². The highest BCUT2D eigenvalue weighted by molar-refractivity contribution is 7.33. The Morgan fingerprint density at radius 1 is 1.31 bits per heavy atom. The van der Waals surface area contributed by atoms with Gasteiger partial charge in [0.1, 0.15) is 36.8 Å². The molecule has 238 valence electrons. The van der Waals surface area contributed by atoms with E-state index in [1.54, 1.807) is 0 Å². The molecule has 1 fully saturated rings. The van der Waals surface area contributed by atoms with E-state index >= 15 is 0 Å². The Morgan fingerprint density at radius 2 is 1.98 bits per heavy atom. The second-order valence-electron chi connectivity index (χ2n) is 9.17. The van der Waals surface area contributed by atoms with Crippen LogP contribution in [0, 0.1) is 0 Å². The maximum absolute atomic E-state index is 12.7. The Morgan fingerprint density at radius 3 is 2.50 bits per heavy atom. The van der Waals surface area contributed by atoms with Crippen LogP contribution < -0.4 is 22.5 Å². The molecule has 0 aromatic carbocycles. The number of carbonyl (C=O) groups excluding carboxylic acids is 1. The summed E-state index contributed by atoms with van der Waals surface area (Å²) in [6, 6.07) is -0.308. The number of aromatic nitrogens is 2. The van der Waals surface area contributed by atoms with Crippen molar-refractivity contribution >= 4 is 25.9 Å². The molecule has 0 bridgehead atoms. The largest absolute Gasteiger partial charge is 0.701 e. The maximum atomic E-state index is 12.7. The Bertz CT molecular complexity index is 1140. The topological polar surface area (TPSA) is 329 Å². The lowest BCUT2D eigenvalue weighted by molar-refractivity contribution is -0.285. The van der Waals surface area contributed by atoms with Crippen molar-refractivity contribution in [3.63, 3.8) is 0 Å². The number of hydrogen-bond donors (Lipinski definition) is 10. The lowest BCUT2D eigenvalue weighted by Crippen LogP contribution is -2.68. The third-order valence-electron chi connectivity index (χ3n) is 5.99. The fourth-order valence-electron chi connectivity index (χ4n) is 3.88. The normalized spacial score (nSPS) is 26.5. The molecule has 0 aliphatic carbocycles. The molecule has 0 radical (unpaired) electrons. The Hall–Kier alpha value is -2.72. The van der Waals surface area contributed by atoms with Gasteiger partial charge in [-0.1, -0.05) is 4.52 Å². The molecule has 0 saturated carbocycles. The van der Waals surface area contributed by atoms with Gasteiger partial charge in [-0.05, 0) is 13.0 Å². The van der Waals surface area contributed by atoms with Crippen LogP contribution in [0.25, 0.3) is 0 Å². The van der Waals surface area contributed by atoms with E-state index in [4.69, 9.17) is 30.0 Å². The summed E-state index contributed by atoms with van der Waals surface area (Å²) >= 11 is 0. The first kappa shape index (κ1) is 35.5. The summed E-state index contributed by atoms with van der Waals surface area (Å²) in [4.78, 5) is 39.7. The minimum atomic E-state index is -3.46. The predicted molar refractivity (Wildman–Crippen MR) is 136 cm³/mol. The van der Waals surface area contributed by atoms with Crippen LogP contribution in [0.15, 0.2) is 17.1 Å². The van der Waals surface area contributed by atoms with E-state index in [0.29, 0.717) is 0 Å². The van der Waals surface area contributed by atoms with Gasteiger partial charge in [-0.15, -0.1) is 4.52 Å². The number of aliphatic hydroxyl groups is 6. The van der Waals surface area contributed by atoms with Crippen molar-refractivity contribution in [2.45, 2.75) is 68.0 Å². The van der Waals surface area contributed by atoms with Crippen molar-refractivity contribution in [2.75, 3.05) is 32.1 Å². The number of anilines is 1.